The van der Waals surface area contributed by atoms with Crippen LogP contribution < -0.4 is 15.5 Å². The van der Waals surface area contributed by atoms with E-state index in [1.54, 1.807) is 12.3 Å². The SMILES string of the molecule is Cc1c([C@@H](C)Nc2ccnc3ccc(N4CCN[C@H](C)C4)cc23)cccc1C(F)(F)F. The molecule has 2 aromatic carbocycles. The minimum absolute atomic E-state index is 0.254. The topological polar surface area (TPSA) is 40.2 Å². The van der Waals surface area contributed by atoms with Crippen LogP contribution in [0.25, 0.3) is 10.9 Å². The molecule has 31 heavy (non-hydrogen) atoms. The van der Waals surface area contributed by atoms with Gasteiger partial charge in [0.05, 0.1) is 11.1 Å². The first kappa shape index (κ1) is 21.4. The normalized spacial score (nSPS) is 18.3. The van der Waals surface area contributed by atoms with Crippen molar-refractivity contribution >= 4 is 22.3 Å². The number of pyridine rings is 1. The van der Waals surface area contributed by atoms with Crippen molar-refractivity contribution in [1.82, 2.24) is 10.3 Å². The van der Waals surface area contributed by atoms with Crippen molar-refractivity contribution < 1.29 is 13.2 Å². The second-order valence-electron chi connectivity index (χ2n) is 8.24. The Bertz CT molecular complexity index is 1080. The summed E-state index contributed by atoms with van der Waals surface area (Å²) in [5.74, 6) is 0. The Morgan fingerprint density at radius 1 is 1.19 bits per heavy atom. The quantitative estimate of drug-likeness (QED) is 0.573. The molecule has 0 saturated carbocycles. The molecular formula is C24H27F3N4. The van der Waals surface area contributed by atoms with Gasteiger partial charge >= 0.3 is 6.18 Å². The van der Waals surface area contributed by atoms with Crippen LogP contribution in [0.4, 0.5) is 24.5 Å². The van der Waals surface area contributed by atoms with E-state index in [2.05, 4.69) is 39.6 Å². The monoisotopic (exact) mass is 428 g/mol. The summed E-state index contributed by atoms with van der Waals surface area (Å²) in [7, 11) is 0. The highest BCUT2D eigenvalue weighted by Gasteiger charge is 2.33. The van der Waals surface area contributed by atoms with Crippen molar-refractivity contribution in [3.05, 3.63) is 65.4 Å². The van der Waals surface area contributed by atoms with Crippen LogP contribution in [0, 0.1) is 6.92 Å². The van der Waals surface area contributed by atoms with Gasteiger partial charge in [0.2, 0.25) is 0 Å². The summed E-state index contributed by atoms with van der Waals surface area (Å²) >= 11 is 0. The third-order valence-corrected chi connectivity index (χ3v) is 5.98. The van der Waals surface area contributed by atoms with Crippen molar-refractivity contribution in [3.63, 3.8) is 0 Å². The third kappa shape index (κ3) is 4.46. The van der Waals surface area contributed by atoms with Gasteiger partial charge in [0.15, 0.2) is 0 Å². The average Bonchev–Trinajstić information content (AvgIpc) is 2.73. The summed E-state index contributed by atoms with van der Waals surface area (Å²) in [6, 6.07) is 12.6. The Morgan fingerprint density at radius 2 is 2.00 bits per heavy atom. The fraction of sp³-hybridized carbons (Fsp3) is 0.375. The van der Waals surface area contributed by atoms with E-state index >= 15 is 0 Å². The second-order valence-corrected chi connectivity index (χ2v) is 8.24. The van der Waals surface area contributed by atoms with E-state index in [4.69, 9.17) is 0 Å². The van der Waals surface area contributed by atoms with E-state index < -0.39 is 11.7 Å². The smallest absolute Gasteiger partial charge is 0.378 e. The van der Waals surface area contributed by atoms with Gasteiger partial charge in [-0.3, -0.25) is 4.98 Å². The van der Waals surface area contributed by atoms with Crippen molar-refractivity contribution in [2.45, 2.75) is 39.0 Å². The number of rotatable bonds is 4. The van der Waals surface area contributed by atoms with Crippen LogP contribution in [0.2, 0.25) is 0 Å². The molecule has 1 fully saturated rings. The van der Waals surface area contributed by atoms with Crippen molar-refractivity contribution in [3.8, 4) is 0 Å². The fourth-order valence-electron chi connectivity index (χ4n) is 4.36. The number of hydrogen-bond donors (Lipinski definition) is 2. The molecule has 0 amide bonds. The largest absolute Gasteiger partial charge is 0.416 e. The number of hydrogen-bond acceptors (Lipinski definition) is 4. The van der Waals surface area contributed by atoms with Gasteiger partial charge in [-0.15, -0.1) is 0 Å². The lowest BCUT2D eigenvalue weighted by Crippen LogP contribution is -2.49. The number of nitrogens with one attached hydrogen (secondary N) is 2. The number of halogens is 3. The Hall–Kier alpha value is -2.80. The number of benzene rings is 2. The van der Waals surface area contributed by atoms with Gasteiger partial charge in [-0.05, 0) is 62.2 Å². The third-order valence-electron chi connectivity index (χ3n) is 5.98. The van der Waals surface area contributed by atoms with Crippen LogP contribution in [0.15, 0.2) is 48.7 Å². The number of fused-ring (bicyclic) bond motifs is 1. The van der Waals surface area contributed by atoms with Crippen molar-refractivity contribution in [2.75, 3.05) is 29.9 Å². The lowest BCUT2D eigenvalue weighted by Gasteiger charge is -2.33. The molecule has 3 aromatic rings. The van der Waals surface area contributed by atoms with E-state index in [1.165, 1.54) is 13.0 Å². The van der Waals surface area contributed by atoms with Crippen LogP contribution in [0.1, 0.15) is 36.6 Å². The summed E-state index contributed by atoms with van der Waals surface area (Å²) in [5, 5.41) is 7.83. The molecular weight excluding hydrogens is 401 g/mol. The van der Waals surface area contributed by atoms with Crippen LogP contribution >= 0.6 is 0 Å². The maximum absolute atomic E-state index is 13.3. The Balaban J connectivity index is 1.66. The minimum atomic E-state index is -4.36. The molecule has 1 saturated heterocycles. The first-order chi connectivity index (χ1) is 14.7. The lowest BCUT2D eigenvalue weighted by atomic mass is 9.97. The molecule has 2 atom stereocenters. The van der Waals surface area contributed by atoms with E-state index in [-0.39, 0.29) is 11.6 Å². The predicted octanol–water partition coefficient (Wildman–Crippen LogP) is 5.53. The van der Waals surface area contributed by atoms with Gasteiger partial charge in [-0.25, -0.2) is 0 Å². The molecule has 164 valence electrons. The van der Waals surface area contributed by atoms with Gasteiger partial charge in [0.25, 0.3) is 0 Å². The molecule has 0 aliphatic carbocycles. The highest BCUT2D eigenvalue weighted by atomic mass is 19.4. The van der Waals surface area contributed by atoms with Gasteiger partial charge in [-0.2, -0.15) is 13.2 Å². The Labute approximate surface area is 180 Å². The first-order valence-corrected chi connectivity index (χ1v) is 10.5. The summed E-state index contributed by atoms with van der Waals surface area (Å²) in [6.07, 6.45) is -2.64. The fourth-order valence-corrected chi connectivity index (χ4v) is 4.36. The molecule has 4 nitrogen and oxygen atoms in total. The van der Waals surface area contributed by atoms with E-state index in [1.807, 2.05) is 19.1 Å². The zero-order chi connectivity index (χ0) is 22.2. The molecule has 2 heterocycles. The zero-order valence-corrected chi connectivity index (χ0v) is 17.9. The molecule has 1 aliphatic heterocycles. The number of piperazine rings is 1. The molecule has 7 heteroatoms. The molecule has 0 spiro atoms. The van der Waals surface area contributed by atoms with E-state index in [0.29, 0.717) is 11.6 Å². The molecule has 0 unspecified atom stereocenters. The van der Waals surface area contributed by atoms with Crippen LogP contribution in [-0.4, -0.2) is 30.7 Å². The minimum Gasteiger partial charge on any atom is -0.378 e. The van der Waals surface area contributed by atoms with Gasteiger partial charge in [0.1, 0.15) is 0 Å². The molecule has 2 N–H and O–H groups in total. The number of alkyl halides is 3. The standard InChI is InChI=1S/C24H27F3N4/c1-15-14-31(12-11-28-15)18-7-8-22-20(13-18)23(9-10-29-22)30-17(3)19-5-4-6-21(16(19)2)24(25,26)27/h4-10,13,15,17,28H,11-12,14H2,1-3H3,(H,29,30)/t15-,17-/m1/s1. The molecule has 4 rings (SSSR count). The molecule has 0 bridgehead atoms. The highest BCUT2D eigenvalue weighted by Crippen LogP contribution is 2.36. The Kier molecular flexibility index (Phi) is 5.79. The maximum Gasteiger partial charge on any atom is 0.416 e. The summed E-state index contributed by atoms with van der Waals surface area (Å²) in [6.45, 7) is 8.37. The molecule has 1 aromatic heterocycles. The average molecular weight is 429 g/mol. The van der Waals surface area contributed by atoms with Gasteiger partial charge in [0, 0.05) is 54.7 Å². The van der Waals surface area contributed by atoms with Crippen LogP contribution in [0.3, 0.4) is 0 Å². The second kappa shape index (κ2) is 8.38. The number of nitrogens with zero attached hydrogens (tertiary/aromatic N) is 2. The van der Waals surface area contributed by atoms with Crippen molar-refractivity contribution in [2.24, 2.45) is 0 Å². The van der Waals surface area contributed by atoms with Crippen LogP contribution in [-0.2, 0) is 6.18 Å². The maximum atomic E-state index is 13.3. The zero-order valence-electron chi connectivity index (χ0n) is 17.9. The van der Waals surface area contributed by atoms with Gasteiger partial charge in [-0.1, -0.05) is 12.1 Å². The molecule has 1 aliphatic rings. The Morgan fingerprint density at radius 3 is 2.74 bits per heavy atom. The summed E-state index contributed by atoms with van der Waals surface area (Å²) in [4.78, 5) is 6.81. The molecule has 0 radical (unpaired) electrons. The van der Waals surface area contributed by atoms with E-state index in [9.17, 15) is 13.2 Å². The van der Waals surface area contributed by atoms with Crippen molar-refractivity contribution in [1.29, 1.82) is 0 Å². The van der Waals surface area contributed by atoms with Crippen LogP contribution in [0.5, 0.6) is 0 Å². The summed E-state index contributed by atoms with van der Waals surface area (Å²) in [5.41, 5.74) is 3.13. The number of aromatic nitrogens is 1. The summed E-state index contributed by atoms with van der Waals surface area (Å²) < 4.78 is 40.0. The predicted molar refractivity (Wildman–Crippen MR) is 120 cm³/mol. The highest BCUT2D eigenvalue weighted by molar-refractivity contribution is 5.93. The number of anilines is 2. The van der Waals surface area contributed by atoms with Gasteiger partial charge < -0.3 is 15.5 Å². The van der Waals surface area contributed by atoms with E-state index in [0.717, 1.165) is 48.0 Å². The lowest BCUT2D eigenvalue weighted by molar-refractivity contribution is -0.138. The first-order valence-electron chi connectivity index (χ1n) is 10.5.